The van der Waals surface area contributed by atoms with Crippen molar-refractivity contribution in [3.63, 3.8) is 0 Å². The Morgan fingerprint density at radius 3 is 2.48 bits per heavy atom. The van der Waals surface area contributed by atoms with Crippen LogP contribution < -0.4 is 10.2 Å². The zero-order valence-corrected chi connectivity index (χ0v) is 12.7. The standard InChI is InChI=1S/C16H25BO4/c1-2-13-5-3-4-6-16(13)21-12-11-20-15-9-7-14(8-10-15)17(18)19/h7-10,13,16,18-19H,2-6,11-12H2,1H3. The van der Waals surface area contributed by atoms with Crippen molar-refractivity contribution in [3.05, 3.63) is 24.3 Å². The van der Waals surface area contributed by atoms with Gasteiger partial charge in [0.25, 0.3) is 0 Å². The van der Waals surface area contributed by atoms with E-state index in [1.807, 2.05) is 0 Å². The summed E-state index contributed by atoms with van der Waals surface area (Å²) in [4.78, 5) is 0. The van der Waals surface area contributed by atoms with Crippen molar-refractivity contribution >= 4 is 12.6 Å². The molecule has 0 spiro atoms. The highest BCUT2D eigenvalue weighted by atomic mass is 16.5. The summed E-state index contributed by atoms with van der Waals surface area (Å²) in [7, 11) is -1.43. The number of hydrogen-bond donors (Lipinski definition) is 2. The first-order valence-electron chi connectivity index (χ1n) is 7.91. The van der Waals surface area contributed by atoms with Gasteiger partial charge in [0.15, 0.2) is 0 Å². The molecular formula is C16H25BO4. The molecule has 2 N–H and O–H groups in total. The van der Waals surface area contributed by atoms with Gasteiger partial charge < -0.3 is 19.5 Å². The summed E-state index contributed by atoms with van der Waals surface area (Å²) in [6.45, 7) is 3.36. The van der Waals surface area contributed by atoms with Gasteiger partial charge in [0.05, 0.1) is 12.7 Å². The lowest BCUT2D eigenvalue weighted by molar-refractivity contribution is -0.0228. The Morgan fingerprint density at radius 1 is 1.10 bits per heavy atom. The van der Waals surface area contributed by atoms with Crippen LogP contribution >= 0.6 is 0 Å². The Kier molecular flexibility index (Phi) is 6.55. The number of ether oxygens (including phenoxy) is 2. The molecule has 0 amide bonds. The molecule has 1 aliphatic carbocycles. The molecule has 1 aromatic rings. The highest BCUT2D eigenvalue weighted by Crippen LogP contribution is 2.28. The molecule has 2 unspecified atom stereocenters. The maximum atomic E-state index is 9.02. The Labute approximate surface area is 127 Å². The second-order valence-corrected chi connectivity index (χ2v) is 5.65. The molecule has 2 rings (SSSR count). The van der Waals surface area contributed by atoms with E-state index in [4.69, 9.17) is 19.5 Å². The van der Waals surface area contributed by atoms with Crippen molar-refractivity contribution in [3.8, 4) is 5.75 Å². The van der Waals surface area contributed by atoms with E-state index in [2.05, 4.69) is 6.92 Å². The van der Waals surface area contributed by atoms with Gasteiger partial charge in [-0.05, 0) is 36.4 Å². The van der Waals surface area contributed by atoms with Gasteiger partial charge in [0, 0.05) is 0 Å². The maximum Gasteiger partial charge on any atom is 0.488 e. The van der Waals surface area contributed by atoms with Crippen molar-refractivity contribution in [2.24, 2.45) is 5.92 Å². The SMILES string of the molecule is CCC1CCCCC1OCCOc1ccc(B(O)O)cc1. The summed E-state index contributed by atoms with van der Waals surface area (Å²) >= 11 is 0. The Balaban J connectivity index is 1.69. The van der Waals surface area contributed by atoms with E-state index in [-0.39, 0.29) is 0 Å². The van der Waals surface area contributed by atoms with Crippen molar-refractivity contribution in [2.45, 2.75) is 45.1 Å². The molecule has 0 heterocycles. The summed E-state index contributed by atoms with van der Waals surface area (Å²) in [5.74, 6) is 1.42. The molecule has 1 fully saturated rings. The van der Waals surface area contributed by atoms with Crippen molar-refractivity contribution in [1.82, 2.24) is 0 Å². The van der Waals surface area contributed by atoms with E-state index in [9.17, 15) is 0 Å². The second kappa shape index (κ2) is 8.42. The lowest BCUT2D eigenvalue weighted by Crippen LogP contribution is -2.29. The van der Waals surface area contributed by atoms with Crippen LogP contribution in [-0.4, -0.2) is 36.5 Å². The van der Waals surface area contributed by atoms with Crippen molar-refractivity contribution in [2.75, 3.05) is 13.2 Å². The molecule has 21 heavy (non-hydrogen) atoms. The fourth-order valence-corrected chi connectivity index (χ4v) is 2.96. The van der Waals surface area contributed by atoms with Crippen molar-refractivity contribution in [1.29, 1.82) is 0 Å². The first-order valence-corrected chi connectivity index (χ1v) is 7.91. The van der Waals surface area contributed by atoms with Gasteiger partial charge in [0.1, 0.15) is 12.4 Å². The van der Waals surface area contributed by atoms with Gasteiger partial charge >= 0.3 is 7.12 Å². The highest BCUT2D eigenvalue weighted by molar-refractivity contribution is 6.58. The number of benzene rings is 1. The van der Waals surface area contributed by atoms with Crippen molar-refractivity contribution < 1.29 is 19.5 Å². The predicted molar refractivity (Wildman–Crippen MR) is 83.8 cm³/mol. The second-order valence-electron chi connectivity index (χ2n) is 5.65. The Bertz CT molecular complexity index is 407. The zero-order valence-electron chi connectivity index (χ0n) is 12.7. The lowest BCUT2D eigenvalue weighted by Gasteiger charge is -2.30. The van der Waals surface area contributed by atoms with Gasteiger partial charge in [0.2, 0.25) is 0 Å². The first-order chi connectivity index (χ1) is 10.2. The van der Waals surface area contributed by atoms with E-state index >= 15 is 0 Å². The number of rotatable bonds is 7. The predicted octanol–water partition coefficient (Wildman–Crippen LogP) is 1.73. The van der Waals surface area contributed by atoms with Crippen LogP contribution in [0.3, 0.4) is 0 Å². The Morgan fingerprint density at radius 2 is 1.81 bits per heavy atom. The maximum absolute atomic E-state index is 9.02. The third-order valence-corrected chi connectivity index (χ3v) is 4.23. The largest absolute Gasteiger partial charge is 0.491 e. The normalized spacial score (nSPS) is 22.0. The monoisotopic (exact) mass is 292 g/mol. The molecule has 2 atom stereocenters. The molecule has 5 heteroatoms. The average Bonchev–Trinajstić information content (AvgIpc) is 2.52. The van der Waals surface area contributed by atoms with Crippen LogP contribution in [0.25, 0.3) is 0 Å². The summed E-state index contributed by atoms with van der Waals surface area (Å²) in [6, 6.07) is 6.78. The van der Waals surface area contributed by atoms with E-state index in [0.29, 0.717) is 30.7 Å². The highest BCUT2D eigenvalue weighted by Gasteiger charge is 2.23. The summed E-state index contributed by atoms with van der Waals surface area (Å²) in [5.41, 5.74) is 0.464. The van der Waals surface area contributed by atoms with Crippen LogP contribution in [0.1, 0.15) is 39.0 Å². The smallest absolute Gasteiger partial charge is 0.488 e. The Hall–Kier alpha value is -1.04. The van der Waals surface area contributed by atoms with Gasteiger partial charge in [-0.15, -0.1) is 0 Å². The lowest BCUT2D eigenvalue weighted by atomic mass is 9.80. The molecule has 0 saturated heterocycles. The topological polar surface area (TPSA) is 58.9 Å². The average molecular weight is 292 g/mol. The molecule has 0 bridgehead atoms. The van der Waals surface area contributed by atoms with Crippen LogP contribution in [0.5, 0.6) is 5.75 Å². The molecule has 0 radical (unpaired) electrons. The van der Waals surface area contributed by atoms with E-state index in [1.165, 1.54) is 32.1 Å². The summed E-state index contributed by atoms with van der Waals surface area (Å²) in [6.07, 6.45) is 6.63. The van der Waals surface area contributed by atoms with E-state index < -0.39 is 7.12 Å². The molecule has 4 nitrogen and oxygen atoms in total. The molecule has 116 valence electrons. The van der Waals surface area contributed by atoms with E-state index in [0.717, 1.165) is 5.75 Å². The molecule has 1 aliphatic rings. The molecular weight excluding hydrogens is 267 g/mol. The van der Waals surface area contributed by atoms with Crippen LogP contribution in [-0.2, 0) is 4.74 Å². The third-order valence-electron chi connectivity index (χ3n) is 4.23. The molecule has 0 aliphatic heterocycles. The minimum atomic E-state index is -1.43. The fraction of sp³-hybridized carbons (Fsp3) is 0.625. The minimum Gasteiger partial charge on any atom is -0.491 e. The quantitative estimate of drug-likeness (QED) is 0.593. The van der Waals surface area contributed by atoms with Crippen LogP contribution in [0.4, 0.5) is 0 Å². The number of hydrogen-bond acceptors (Lipinski definition) is 4. The summed E-state index contributed by atoms with van der Waals surface area (Å²) < 4.78 is 11.6. The van der Waals surface area contributed by atoms with Gasteiger partial charge in [-0.1, -0.05) is 38.3 Å². The molecule has 0 aromatic heterocycles. The zero-order chi connectivity index (χ0) is 15.1. The van der Waals surface area contributed by atoms with E-state index in [1.54, 1.807) is 24.3 Å². The summed E-state index contributed by atoms with van der Waals surface area (Å²) in [5, 5.41) is 18.0. The third kappa shape index (κ3) is 5.02. The van der Waals surface area contributed by atoms with Crippen LogP contribution in [0.2, 0.25) is 0 Å². The fourth-order valence-electron chi connectivity index (χ4n) is 2.96. The van der Waals surface area contributed by atoms with Gasteiger partial charge in [-0.3, -0.25) is 0 Å². The van der Waals surface area contributed by atoms with Gasteiger partial charge in [-0.2, -0.15) is 0 Å². The first kappa shape index (κ1) is 16.3. The van der Waals surface area contributed by atoms with Crippen LogP contribution in [0, 0.1) is 5.92 Å². The van der Waals surface area contributed by atoms with Gasteiger partial charge in [-0.25, -0.2) is 0 Å². The molecule has 1 aromatic carbocycles. The van der Waals surface area contributed by atoms with Crippen LogP contribution in [0.15, 0.2) is 24.3 Å². The minimum absolute atomic E-state index is 0.388. The molecule has 1 saturated carbocycles.